The van der Waals surface area contributed by atoms with E-state index in [1.807, 2.05) is 0 Å². The van der Waals surface area contributed by atoms with Crippen LogP contribution in [0.4, 0.5) is 10.6 Å². The van der Waals surface area contributed by atoms with E-state index in [0.29, 0.717) is 10.8 Å². The van der Waals surface area contributed by atoms with Crippen LogP contribution in [0.25, 0.3) is 0 Å². The van der Waals surface area contributed by atoms with Gasteiger partial charge in [-0.3, -0.25) is 20.5 Å². The van der Waals surface area contributed by atoms with E-state index in [-0.39, 0.29) is 10.6 Å². The number of carbonyl (C=O) groups excluding carboxylic acids is 2. The van der Waals surface area contributed by atoms with Crippen molar-refractivity contribution in [3.63, 3.8) is 0 Å². The van der Waals surface area contributed by atoms with Crippen molar-refractivity contribution in [1.82, 2.24) is 15.5 Å². The zero-order valence-electron chi connectivity index (χ0n) is 9.41. The minimum atomic E-state index is -0.694. The Kier molecular flexibility index (Phi) is 4.03. The Morgan fingerprint density at radius 3 is 2.63 bits per heavy atom. The Balaban J connectivity index is 2.02. The molecule has 98 valence electrons. The zero-order chi connectivity index (χ0) is 13.8. The molecule has 0 saturated heterocycles. The van der Waals surface area contributed by atoms with E-state index in [4.69, 9.17) is 23.2 Å². The maximum atomic E-state index is 11.8. The Morgan fingerprint density at radius 1 is 1.21 bits per heavy atom. The maximum absolute atomic E-state index is 11.8. The molecule has 1 aromatic carbocycles. The van der Waals surface area contributed by atoms with Crippen molar-refractivity contribution in [1.29, 1.82) is 0 Å². The van der Waals surface area contributed by atoms with Gasteiger partial charge in [0.15, 0.2) is 0 Å². The van der Waals surface area contributed by atoms with Gasteiger partial charge in [0.1, 0.15) is 5.82 Å². The summed E-state index contributed by atoms with van der Waals surface area (Å²) < 4.78 is 0. The summed E-state index contributed by atoms with van der Waals surface area (Å²) in [6.45, 7) is 0. The number of nitrogens with one attached hydrogen (secondary N) is 3. The van der Waals surface area contributed by atoms with Crippen LogP contribution in [0.5, 0.6) is 0 Å². The molecule has 0 aliphatic heterocycles. The fourth-order valence-electron chi connectivity index (χ4n) is 1.32. The highest BCUT2D eigenvalue weighted by molar-refractivity contribution is 6.37. The molecule has 0 atom stereocenters. The summed E-state index contributed by atoms with van der Waals surface area (Å²) in [4.78, 5) is 23.3. The van der Waals surface area contributed by atoms with E-state index < -0.39 is 11.9 Å². The number of H-pyrrole nitrogens is 1. The van der Waals surface area contributed by atoms with Crippen molar-refractivity contribution in [3.8, 4) is 0 Å². The van der Waals surface area contributed by atoms with Gasteiger partial charge in [-0.25, -0.2) is 4.79 Å². The summed E-state index contributed by atoms with van der Waals surface area (Å²) in [5.74, 6) is -0.258. The largest absolute Gasteiger partial charge is 0.327 e. The molecular weight excluding hydrogens is 291 g/mol. The molecule has 8 heteroatoms. The number of anilines is 1. The van der Waals surface area contributed by atoms with Gasteiger partial charge in [-0.05, 0) is 18.2 Å². The normalized spacial score (nSPS) is 10.0. The molecule has 1 aromatic heterocycles. The first-order chi connectivity index (χ1) is 9.06. The van der Waals surface area contributed by atoms with Gasteiger partial charge >= 0.3 is 6.03 Å². The second kappa shape index (κ2) is 5.73. The zero-order valence-corrected chi connectivity index (χ0v) is 10.9. The summed E-state index contributed by atoms with van der Waals surface area (Å²) in [7, 11) is 0. The monoisotopic (exact) mass is 298 g/mol. The summed E-state index contributed by atoms with van der Waals surface area (Å²) in [5, 5.41) is 11.3. The SMILES string of the molecule is O=C(NC(=O)c1ccc(Cl)cc1Cl)Nc1ccn[nH]1. The second-order valence-corrected chi connectivity index (χ2v) is 4.35. The quantitative estimate of drug-likeness (QED) is 0.796. The highest BCUT2D eigenvalue weighted by Gasteiger charge is 2.14. The molecule has 0 bridgehead atoms. The van der Waals surface area contributed by atoms with Crippen LogP contribution in [-0.4, -0.2) is 22.1 Å². The molecule has 0 aliphatic rings. The number of aromatic nitrogens is 2. The first-order valence-corrected chi connectivity index (χ1v) is 5.88. The number of rotatable bonds is 2. The molecule has 2 rings (SSSR count). The van der Waals surface area contributed by atoms with Crippen molar-refractivity contribution in [2.75, 3.05) is 5.32 Å². The molecule has 3 amide bonds. The molecule has 0 aliphatic carbocycles. The van der Waals surface area contributed by atoms with Crippen molar-refractivity contribution >= 4 is 41.0 Å². The third-order valence-corrected chi connectivity index (χ3v) is 2.70. The van der Waals surface area contributed by atoms with Crippen LogP contribution in [0, 0.1) is 0 Å². The number of nitrogens with zero attached hydrogens (tertiary/aromatic N) is 1. The molecule has 19 heavy (non-hydrogen) atoms. The van der Waals surface area contributed by atoms with Gasteiger partial charge in [0.25, 0.3) is 5.91 Å². The van der Waals surface area contributed by atoms with Crippen LogP contribution in [0.15, 0.2) is 30.5 Å². The van der Waals surface area contributed by atoms with Crippen molar-refractivity contribution in [2.45, 2.75) is 0 Å². The lowest BCUT2D eigenvalue weighted by molar-refractivity contribution is 0.0967. The average molecular weight is 299 g/mol. The van der Waals surface area contributed by atoms with Gasteiger partial charge in [0.05, 0.1) is 16.8 Å². The maximum Gasteiger partial charge on any atom is 0.327 e. The third kappa shape index (κ3) is 3.46. The predicted octanol–water partition coefficient (Wildman–Crippen LogP) is 2.68. The highest BCUT2D eigenvalue weighted by Crippen LogP contribution is 2.20. The van der Waals surface area contributed by atoms with Gasteiger partial charge in [0.2, 0.25) is 0 Å². The van der Waals surface area contributed by atoms with Gasteiger partial charge in [-0.1, -0.05) is 23.2 Å². The lowest BCUT2D eigenvalue weighted by atomic mass is 10.2. The van der Waals surface area contributed by atoms with Crippen LogP contribution in [-0.2, 0) is 0 Å². The van der Waals surface area contributed by atoms with E-state index in [1.54, 1.807) is 6.07 Å². The number of imide groups is 1. The third-order valence-electron chi connectivity index (χ3n) is 2.15. The van der Waals surface area contributed by atoms with Crippen LogP contribution in [0.3, 0.4) is 0 Å². The Labute approximate surface area is 118 Å². The standard InChI is InChI=1S/C11H8Cl2N4O2/c12-6-1-2-7(8(13)5-6)10(18)16-11(19)15-9-3-4-14-17-9/h1-5H,(H3,14,15,16,17,18,19). The van der Waals surface area contributed by atoms with E-state index in [0.717, 1.165) is 0 Å². The first-order valence-electron chi connectivity index (χ1n) is 5.13. The van der Waals surface area contributed by atoms with Gasteiger partial charge in [-0.15, -0.1) is 0 Å². The van der Waals surface area contributed by atoms with Gasteiger partial charge < -0.3 is 0 Å². The number of hydrogen-bond donors (Lipinski definition) is 3. The summed E-state index contributed by atoms with van der Waals surface area (Å²) >= 11 is 11.6. The first kappa shape index (κ1) is 13.4. The van der Waals surface area contributed by atoms with Gasteiger partial charge in [-0.2, -0.15) is 5.10 Å². The number of hydrogen-bond acceptors (Lipinski definition) is 3. The van der Waals surface area contributed by atoms with E-state index in [2.05, 4.69) is 20.8 Å². The number of carbonyl (C=O) groups is 2. The van der Waals surface area contributed by atoms with Crippen LogP contribution in [0.1, 0.15) is 10.4 Å². The minimum Gasteiger partial charge on any atom is -0.292 e. The molecule has 1 heterocycles. The molecule has 0 radical (unpaired) electrons. The lowest BCUT2D eigenvalue weighted by Crippen LogP contribution is -2.34. The fraction of sp³-hybridized carbons (Fsp3) is 0. The molecule has 6 nitrogen and oxygen atoms in total. The van der Waals surface area contributed by atoms with E-state index in [1.165, 1.54) is 24.4 Å². The Bertz CT molecular complexity index is 613. The molecule has 0 spiro atoms. The molecule has 3 N–H and O–H groups in total. The number of amides is 3. The summed E-state index contributed by atoms with van der Waals surface area (Å²) in [6.07, 6.45) is 1.47. The van der Waals surface area contributed by atoms with Gasteiger partial charge in [0, 0.05) is 11.1 Å². The smallest absolute Gasteiger partial charge is 0.292 e. The topological polar surface area (TPSA) is 86.9 Å². The van der Waals surface area contributed by atoms with E-state index >= 15 is 0 Å². The highest BCUT2D eigenvalue weighted by atomic mass is 35.5. The molecular formula is C11H8Cl2N4O2. The average Bonchev–Trinajstić information content (AvgIpc) is 2.81. The second-order valence-electron chi connectivity index (χ2n) is 3.50. The Morgan fingerprint density at radius 2 is 2.00 bits per heavy atom. The van der Waals surface area contributed by atoms with E-state index in [9.17, 15) is 9.59 Å². The molecule has 0 unspecified atom stereocenters. The Hall–Kier alpha value is -2.05. The minimum absolute atomic E-state index is 0.158. The molecule has 2 aromatic rings. The lowest BCUT2D eigenvalue weighted by Gasteiger charge is -2.06. The predicted molar refractivity (Wildman–Crippen MR) is 71.5 cm³/mol. The fourth-order valence-corrected chi connectivity index (χ4v) is 1.82. The number of aromatic amines is 1. The summed E-state index contributed by atoms with van der Waals surface area (Å²) in [6, 6.07) is 5.21. The van der Waals surface area contributed by atoms with Crippen LogP contribution >= 0.6 is 23.2 Å². The molecule has 0 fully saturated rings. The number of urea groups is 1. The van der Waals surface area contributed by atoms with Crippen LogP contribution < -0.4 is 10.6 Å². The number of halogens is 2. The van der Waals surface area contributed by atoms with Crippen molar-refractivity contribution in [3.05, 3.63) is 46.1 Å². The van der Waals surface area contributed by atoms with Crippen LogP contribution in [0.2, 0.25) is 10.0 Å². The van der Waals surface area contributed by atoms with Crippen molar-refractivity contribution < 1.29 is 9.59 Å². The summed E-state index contributed by atoms with van der Waals surface area (Å²) in [5.41, 5.74) is 0.158. The number of benzene rings is 1. The molecule has 0 saturated carbocycles. The van der Waals surface area contributed by atoms with Crippen molar-refractivity contribution in [2.24, 2.45) is 0 Å².